The summed E-state index contributed by atoms with van der Waals surface area (Å²) in [6.45, 7) is 3.60. The smallest absolute Gasteiger partial charge is 0.274 e. The molecule has 0 saturated carbocycles. The Bertz CT molecular complexity index is 848. The highest BCUT2D eigenvalue weighted by Crippen LogP contribution is 2.18. The van der Waals surface area contributed by atoms with Gasteiger partial charge in [0.2, 0.25) is 0 Å². The lowest BCUT2D eigenvalue weighted by Crippen LogP contribution is -2.38. The Kier molecular flexibility index (Phi) is 4.89. The van der Waals surface area contributed by atoms with Crippen LogP contribution in [0.25, 0.3) is 0 Å². The van der Waals surface area contributed by atoms with E-state index in [1.807, 2.05) is 0 Å². The largest absolute Gasteiger partial charge is 0.337 e. The average Bonchev–Trinajstić information content (AvgIpc) is 2.96. The Balaban J connectivity index is 1.44. The molecule has 0 spiro atoms. The molecule has 142 valence electrons. The molecule has 2 N–H and O–H groups in total. The van der Waals surface area contributed by atoms with Gasteiger partial charge in [-0.15, -0.1) is 0 Å². The highest BCUT2D eigenvalue weighted by Gasteiger charge is 2.28. The molecule has 1 aromatic carbocycles. The fourth-order valence-corrected chi connectivity index (χ4v) is 3.65. The van der Waals surface area contributed by atoms with Crippen molar-refractivity contribution >= 4 is 11.8 Å². The molecule has 0 aliphatic carbocycles. The van der Waals surface area contributed by atoms with Crippen LogP contribution in [0.4, 0.5) is 4.39 Å². The molecule has 0 bridgehead atoms. The molecule has 4 rings (SSSR count). The van der Waals surface area contributed by atoms with Crippen molar-refractivity contribution in [3.8, 4) is 0 Å². The molecule has 2 amide bonds. The number of aromatic amines is 1. The third kappa shape index (κ3) is 3.57. The quantitative estimate of drug-likeness (QED) is 0.831. The van der Waals surface area contributed by atoms with Gasteiger partial charge in [-0.25, -0.2) is 4.39 Å². The summed E-state index contributed by atoms with van der Waals surface area (Å²) in [4.78, 5) is 29.1. The van der Waals surface area contributed by atoms with Crippen molar-refractivity contribution < 1.29 is 14.0 Å². The first-order valence-electron chi connectivity index (χ1n) is 9.24. The molecule has 1 fully saturated rings. The third-order valence-corrected chi connectivity index (χ3v) is 5.17. The van der Waals surface area contributed by atoms with Crippen molar-refractivity contribution in [1.29, 1.82) is 0 Å². The van der Waals surface area contributed by atoms with E-state index < -0.39 is 0 Å². The van der Waals surface area contributed by atoms with E-state index in [-0.39, 0.29) is 17.6 Å². The van der Waals surface area contributed by atoms with Crippen LogP contribution < -0.4 is 5.32 Å². The van der Waals surface area contributed by atoms with Crippen LogP contribution in [-0.2, 0) is 13.0 Å². The average molecular weight is 371 g/mol. The number of H-pyrrole nitrogens is 1. The van der Waals surface area contributed by atoms with E-state index in [0.29, 0.717) is 50.4 Å². The Morgan fingerprint density at radius 3 is 2.44 bits per heavy atom. The number of carbonyl (C=O) groups is 2. The number of aromatic nitrogens is 2. The molecule has 3 heterocycles. The molecule has 1 aromatic heterocycles. The number of hydrogen-bond acceptors (Lipinski definition) is 4. The van der Waals surface area contributed by atoms with Crippen LogP contribution >= 0.6 is 0 Å². The lowest BCUT2D eigenvalue weighted by molar-refractivity contribution is 0.0715. The van der Waals surface area contributed by atoms with Crippen molar-refractivity contribution in [2.24, 2.45) is 0 Å². The van der Waals surface area contributed by atoms with Crippen LogP contribution in [0, 0.1) is 5.82 Å². The minimum absolute atomic E-state index is 0.0905. The van der Waals surface area contributed by atoms with Gasteiger partial charge in [0.25, 0.3) is 11.8 Å². The second-order valence-corrected chi connectivity index (χ2v) is 6.90. The van der Waals surface area contributed by atoms with E-state index in [2.05, 4.69) is 15.5 Å². The van der Waals surface area contributed by atoms with Crippen molar-refractivity contribution in [2.45, 2.75) is 19.4 Å². The molecule has 1 saturated heterocycles. The number of nitrogens with one attached hydrogen (secondary N) is 2. The third-order valence-electron chi connectivity index (χ3n) is 5.17. The van der Waals surface area contributed by atoms with Gasteiger partial charge in [-0.05, 0) is 30.7 Å². The molecular weight excluding hydrogens is 349 g/mol. The molecule has 8 heteroatoms. The molecule has 27 heavy (non-hydrogen) atoms. The van der Waals surface area contributed by atoms with Crippen LogP contribution in [-0.4, -0.2) is 64.5 Å². The van der Waals surface area contributed by atoms with Gasteiger partial charge < -0.3 is 15.1 Å². The summed E-state index contributed by atoms with van der Waals surface area (Å²) < 4.78 is 13.1. The molecule has 0 radical (unpaired) electrons. The minimum Gasteiger partial charge on any atom is -0.337 e. The summed E-state index contributed by atoms with van der Waals surface area (Å²) in [6, 6.07) is 5.56. The van der Waals surface area contributed by atoms with Gasteiger partial charge >= 0.3 is 0 Å². The first kappa shape index (κ1) is 17.7. The lowest BCUT2D eigenvalue weighted by atomic mass is 10.1. The minimum atomic E-state index is -0.365. The van der Waals surface area contributed by atoms with Gasteiger partial charge in [-0.1, -0.05) is 0 Å². The van der Waals surface area contributed by atoms with Crippen LogP contribution in [0.5, 0.6) is 0 Å². The number of hydrogen-bond donors (Lipinski definition) is 2. The highest BCUT2D eigenvalue weighted by atomic mass is 19.1. The number of fused-ring (bicyclic) bond motifs is 1. The maximum absolute atomic E-state index is 13.1. The van der Waals surface area contributed by atoms with Crippen molar-refractivity contribution in [3.63, 3.8) is 0 Å². The molecule has 0 unspecified atom stereocenters. The maximum atomic E-state index is 13.1. The van der Waals surface area contributed by atoms with E-state index in [0.717, 1.165) is 24.2 Å². The number of carbonyl (C=O) groups excluding carboxylic acids is 2. The molecule has 2 aliphatic heterocycles. The molecule has 7 nitrogen and oxygen atoms in total. The van der Waals surface area contributed by atoms with Gasteiger partial charge in [-0.3, -0.25) is 14.7 Å². The SMILES string of the molecule is O=C(c1ccc(F)cc1)N1CCCN(C(=O)c2n[nH]c3c2CNCC3)CC1. The van der Waals surface area contributed by atoms with E-state index in [1.54, 1.807) is 9.80 Å². The topological polar surface area (TPSA) is 81.3 Å². The zero-order chi connectivity index (χ0) is 18.8. The fourth-order valence-electron chi connectivity index (χ4n) is 3.65. The normalized spacial score (nSPS) is 17.4. The summed E-state index contributed by atoms with van der Waals surface area (Å²) in [6.07, 6.45) is 1.54. The van der Waals surface area contributed by atoms with Crippen LogP contribution in [0.2, 0.25) is 0 Å². The van der Waals surface area contributed by atoms with E-state index in [9.17, 15) is 14.0 Å². The van der Waals surface area contributed by atoms with Crippen molar-refractivity contribution in [3.05, 3.63) is 52.6 Å². The van der Waals surface area contributed by atoms with Gasteiger partial charge in [-0.2, -0.15) is 5.10 Å². The Morgan fingerprint density at radius 2 is 1.70 bits per heavy atom. The first-order valence-corrected chi connectivity index (χ1v) is 9.24. The molecule has 2 aliphatic rings. The van der Waals surface area contributed by atoms with Gasteiger partial charge in [0, 0.05) is 62.5 Å². The summed E-state index contributed by atoms with van der Waals surface area (Å²) in [7, 11) is 0. The predicted molar refractivity (Wildman–Crippen MR) is 96.8 cm³/mol. The maximum Gasteiger partial charge on any atom is 0.274 e. The molecule has 0 atom stereocenters. The van der Waals surface area contributed by atoms with Crippen LogP contribution in [0.3, 0.4) is 0 Å². The number of halogens is 1. The molecular formula is C19H22FN5O2. The summed E-state index contributed by atoms with van der Waals surface area (Å²) in [5, 5.41) is 10.5. The Labute approximate surface area is 156 Å². The zero-order valence-corrected chi connectivity index (χ0v) is 15.0. The van der Waals surface area contributed by atoms with Crippen molar-refractivity contribution in [2.75, 3.05) is 32.7 Å². The summed E-state index contributed by atoms with van der Waals surface area (Å²) in [5.41, 5.74) is 2.92. The van der Waals surface area contributed by atoms with Gasteiger partial charge in [0.05, 0.1) is 0 Å². The number of nitrogens with zero attached hydrogens (tertiary/aromatic N) is 3. The number of amides is 2. The lowest BCUT2D eigenvalue weighted by Gasteiger charge is -2.22. The van der Waals surface area contributed by atoms with Gasteiger partial charge in [0.1, 0.15) is 5.82 Å². The van der Waals surface area contributed by atoms with Crippen LogP contribution in [0.15, 0.2) is 24.3 Å². The predicted octanol–water partition coefficient (Wildman–Crippen LogP) is 1.18. The number of benzene rings is 1. The van der Waals surface area contributed by atoms with Gasteiger partial charge in [0.15, 0.2) is 5.69 Å². The second kappa shape index (κ2) is 7.48. The number of rotatable bonds is 2. The fraction of sp³-hybridized carbons (Fsp3) is 0.421. The zero-order valence-electron chi connectivity index (χ0n) is 15.0. The highest BCUT2D eigenvalue weighted by molar-refractivity contribution is 5.95. The second-order valence-electron chi connectivity index (χ2n) is 6.90. The monoisotopic (exact) mass is 371 g/mol. The van der Waals surface area contributed by atoms with Crippen LogP contribution in [0.1, 0.15) is 38.5 Å². The molecule has 2 aromatic rings. The van der Waals surface area contributed by atoms with E-state index >= 15 is 0 Å². The Morgan fingerprint density at radius 1 is 1.00 bits per heavy atom. The van der Waals surface area contributed by atoms with Crippen molar-refractivity contribution in [1.82, 2.24) is 25.3 Å². The first-order chi connectivity index (χ1) is 13.1. The summed E-state index contributed by atoms with van der Waals surface area (Å²) >= 11 is 0. The standard InChI is InChI=1S/C19H22FN5O2/c20-14-4-2-13(3-5-14)18(26)24-8-1-9-25(11-10-24)19(27)17-15-12-21-7-6-16(15)22-23-17/h2-5,21H,1,6-12H2,(H,22,23). The Hall–Kier alpha value is -2.74. The van der Waals surface area contributed by atoms with E-state index in [1.165, 1.54) is 24.3 Å². The van der Waals surface area contributed by atoms with E-state index in [4.69, 9.17) is 0 Å². The summed E-state index contributed by atoms with van der Waals surface area (Å²) in [5.74, 6) is -0.589.